The Morgan fingerprint density at radius 2 is 1.58 bits per heavy atom. The number of non-ortho nitro benzene ring substituents is 1. The third-order valence-corrected chi connectivity index (χ3v) is 2.97. The van der Waals surface area contributed by atoms with Crippen molar-refractivity contribution in [1.82, 2.24) is 5.32 Å². The molecule has 0 radical (unpaired) electrons. The number of nitro groups is 1. The maximum atomic E-state index is 10.6. The fraction of sp³-hybridized carbons (Fsp3) is 0.188. The van der Waals surface area contributed by atoms with Gasteiger partial charge < -0.3 is 19.9 Å². The highest BCUT2D eigenvalue weighted by molar-refractivity contribution is 5.64. The predicted octanol–water partition coefficient (Wildman–Crippen LogP) is 3.42. The van der Waals surface area contributed by atoms with Crippen LogP contribution in [0.3, 0.4) is 0 Å². The Labute approximate surface area is 137 Å². The summed E-state index contributed by atoms with van der Waals surface area (Å²) in [4.78, 5) is 20.4. The summed E-state index contributed by atoms with van der Waals surface area (Å²) in [6, 6.07) is 12.7. The van der Waals surface area contributed by atoms with Crippen molar-refractivity contribution in [2.24, 2.45) is 0 Å². The summed E-state index contributed by atoms with van der Waals surface area (Å²) in [5, 5.41) is 21.3. The van der Waals surface area contributed by atoms with E-state index < -0.39 is 11.0 Å². The van der Waals surface area contributed by atoms with Crippen LogP contribution in [-0.4, -0.2) is 29.3 Å². The number of ether oxygens (including phenoxy) is 2. The number of rotatable bonds is 8. The third kappa shape index (κ3) is 5.48. The minimum atomic E-state index is -1.05. The lowest BCUT2D eigenvalue weighted by molar-refractivity contribution is -0.384. The Hall–Kier alpha value is -3.29. The summed E-state index contributed by atoms with van der Waals surface area (Å²) in [5.41, 5.74) is 0.00323. The zero-order valence-corrected chi connectivity index (χ0v) is 12.7. The molecule has 2 N–H and O–H groups in total. The van der Waals surface area contributed by atoms with Crippen LogP contribution in [0.15, 0.2) is 48.5 Å². The Balaban J connectivity index is 1.81. The van der Waals surface area contributed by atoms with Crippen LogP contribution >= 0.6 is 0 Å². The summed E-state index contributed by atoms with van der Waals surface area (Å²) in [7, 11) is 0. The molecule has 0 saturated carbocycles. The highest BCUT2D eigenvalue weighted by Crippen LogP contribution is 2.25. The average Bonchev–Trinajstić information content (AvgIpc) is 2.56. The van der Waals surface area contributed by atoms with Gasteiger partial charge in [0.1, 0.15) is 17.2 Å². The molecule has 0 saturated heterocycles. The lowest BCUT2D eigenvalue weighted by Crippen LogP contribution is -2.23. The summed E-state index contributed by atoms with van der Waals surface area (Å²) in [6.07, 6.45) is -0.490. The number of hydrogen-bond acceptors (Lipinski definition) is 5. The number of nitro benzene ring substituents is 1. The van der Waals surface area contributed by atoms with Crippen LogP contribution in [-0.2, 0) is 0 Å². The van der Waals surface area contributed by atoms with Crippen molar-refractivity contribution in [3.63, 3.8) is 0 Å². The molecule has 24 heavy (non-hydrogen) atoms. The molecule has 1 amide bonds. The first-order valence-electron chi connectivity index (χ1n) is 7.16. The summed E-state index contributed by atoms with van der Waals surface area (Å²) in [5.74, 6) is 1.71. The molecular weight excluding hydrogens is 316 g/mol. The fourth-order valence-corrected chi connectivity index (χ4v) is 1.83. The molecule has 0 aromatic heterocycles. The third-order valence-electron chi connectivity index (χ3n) is 2.97. The highest BCUT2D eigenvalue weighted by atomic mass is 16.6. The number of carbonyl (C=O) groups is 1. The molecule has 0 aliphatic heterocycles. The van der Waals surface area contributed by atoms with Crippen molar-refractivity contribution in [3.05, 3.63) is 58.6 Å². The van der Waals surface area contributed by atoms with E-state index in [1.807, 2.05) is 0 Å². The van der Waals surface area contributed by atoms with E-state index >= 15 is 0 Å². The molecule has 0 unspecified atom stereocenters. The van der Waals surface area contributed by atoms with Gasteiger partial charge in [0.2, 0.25) is 0 Å². The van der Waals surface area contributed by atoms with E-state index in [0.717, 1.165) is 0 Å². The molecular formula is C16H16N2O6. The minimum absolute atomic E-state index is 0.00323. The van der Waals surface area contributed by atoms with Crippen molar-refractivity contribution in [2.75, 3.05) is 13.2 Å². The van der Waals surface area contributed by atoms with Crippen molar-refractivity contribution in [3.8, 4) is 17.2 Å². The summed E-state index contributed by atoms with van der Waals surface area (Å²) >= 11 is 0. The van der Waals surface area contributed by atoms with Crippen LogP contribution in [0.2, 0.25) is 0 Å². The maximum Gasteiger partial charge on any atom is 0.404 e. The van der Waals surface area contributed by atoms with E-state index in [9.17, 15) is 14.9 Å². The Morgan fingerprint density at radius 1 is 1.04 bits per heavy atom. The second-order valence-electron chi connectivity index (χ2n) is 4.76. The largest absolute Gasteiger partial charge is 0.494 e. The molecule has 0 aliphatic carbocycles. The quantitative estimate of drug-likeness (QED) is 0.435. The van der Waals surface area contributed by atoms with Gasteiger partial charge in [-0.1, -0.05) is 0 Å². The Kier molecular flexibility index (Phi) is 5.95. The summed E-state index contributed by atoms with van der Waals surface area (Å²) in [6.45, 7) is 0.722. The molecule has 0 bridgehead atoms. The topological polar surface area (TPSA) is 111 Å². The number of nitrogens with one attached hydrogen (secondary N) is 1. The van der Waals surface area contributed by atoms with Gasteiger partial charge in [-0.05, 0) is 42.8 Å². The second-order valence-corrected chi connectivity index (χ2v) is 4.76. The Morgan fingerprint density at radius 3 is 2.12 bits per heavy atom. The fourth-order valence-electron chi connectivity index (χ4n) is 1.83. The van der Waals surface area contributed by atoms with Gasteiger partial charge in [0.05, 0.1) is 11.5 Å². The zero-order chi connectivity index (χ0) is 17.4. The van der Waals surface area contributed by atoms with Gasteiger partial charge in [0.15, 0.2) is 0 Å². The van der Waals surface area contributed by atoms with E-state index in [-0.39, 0.29) is 5.69 Å². The van der Waals surface area contributed by atoms with Gasteiger partial charge in [-0.3, -0.25) is 10.1 Å². The van der Waals surface area contributed by atoms with Gasteiger partial charge in [-0.2, -0.15) is 0 Å². The first-order chi connectivity index (χ1) is 11.5. The van der Waals surface area contributed by atoms with E-state index in [4.69, 9.17) is 14.6 Å². The first-order valence-corrected chi connectivity index (χ1v) is 7.16. The normalized spacial score (nSPS) is 10.0. The van der Waals surface area contributed by atoms with E-state index in [0.29, 0.717) is 36.8 Å². The Bertz CT molecular complexity index is 685. The number of amides is 1. The molecule has 2 aromatic carbocycles. The van der Waals surface area contributed by atoms with Crippen molar-refractivity contribution in [2.45, 2.75) is 6.42 Å². The van der Waals surface area contributed by atoms with Crippen LogP contribution in [0.5, 0.6) is 17.2 Å². The maximum absolute atomic E-state index is 10.6. The number of nitrogens with zero attached hydrogens (tertiary/aromatic N) is 1. The standard InChI is InChI=1S/C16H16N2O6/c19-16(20)17-10-1-11-23-13-6-8-15(9-7-13)24-14-4-2-12(3-5-14)18(21)22/h2-9,17H,1,10-11H2,(H,19,20). The van der Waals surface area contributed by atoms with Crippen LogP contribution in [0.25, 0.3) is 0 Å². The summed E-state index contributed by atoms with van der Waals surface area (Å²) < 4.78 is 11.1. The van der Waals surface area contributed by atoms with Crippen LogP contribution < -0.4 is 14.8 Å². The minimum Gasteiger partial charge on any atom is -0.494 e. The van der Waals surface area contributed by atoms with Crippen LogP contribution in [0.4, 0.5) is 10.5 Å². The molecule has 2 rings (SSSR count). The lowest BCUT2D eigenvalue weighted by atomic mass is 10.3. The van der Waals surface area contributed by atoms with Crippen molar-refractivity contribution in [1.29, 1.82) is 0 Å². The zero-order valence-electron chi connectivity index (χ0n) is 12.7. The monoisotopic (exact) mass is 332 g/mol. The molecule has 126 valence electrons. The van der Waals surface area contributed by atoms with Crippen molar-refractivity contribution >= 4 is 11.8 Å². The molecule has 8 nitrogen and oxygen atoms in total. The first kappa shape index (κ1) is 17.1. The SMILES string of the molecule is O=C(O)NCCCOc1ccc(Oc2ccc([N+](=O)[O-])cc2)cc1. The van der Waals surface area contributed by atoms with Gasteiger partial charge >= 0.3 is 6.09 Å². The second kappa shape index (κ2) is 8.37. The molecule has 8 heteroatoms. The lowest BCUT2D eigenvalue weighted by Gasteiger charge is -2.08. The smallest absolute Gasteiger partial charge is 0.404 e. The van der Waals surface area contributed by atoms with E-state index in [1.54, 1.807) is 24.3 Å². The highest BCUT2D eigenvalue weighted by Gasteiger charge is 2.05. The average molecular weight is 332 g/mol. The molecule has 0 atom stereocenters. The predicted molar refractivity (Wildman–Crippen MR) is 85.8 cm³/mol. The van der Waals surface area contributed by atoms with Gasteiger partial charge in [-0.25, -0.2) is 4.79 Å². The molecule has 0 fully saturated rings. The van der Waals surface area contributed by atoms with E-state index in [1.165, 1.54) is 24.3 Å². The molecule has 0 aliphatic rings. The number of carboxylic acid groups (broad SMARTS) is 1. The van der Waals surface area contributed by atoms with Gasteiger partial charge in [0, 0.05) is 18.7 Å². The number of hydrogen-bond donors (Lipinski definition) is 2. The molecule has 0 heterocycles. The van der Waals surface area contributed by atoms with Crippen LogP contribution in [0, 0.1) is 10.1 Å². The van der Waals surface area contributed by atoms with Gasteiger partial charge in [-0.15, -0.1) is 0 Å². The molecule has 2 aromatic rings. The van der Waals surface area contributed by atoms with Crippen LogP contribution in [0.1, 0.15) is 6.42 Å². The van der Waals surface area contributed by atoms with Crippen molar-refractivity contribution < 1.29 is 24.3 Å². The van der Waals surface area contributed by atoms with Gasteiger partial charge in [0.25, 0.3) is 5.69 Å². The van der Waals surface area contributed by atoms with E-state index in [2.05, 4.69) is 5.32 Å². The molecule has 0 spiro atoms. The number of benzene rings is 2.